The number of benzene rings is 2. The molecule has 5 heteroatoms. The first-order chi connectivity index (χ1) is 10.9. The Kier molecular flexibility index (Phi) is 4.55. The topological polar surface area (TPSA) is 29.4 Å². The first kappa shape index (κ1) is 16.2. The summed E-state index contributed by atoms with van der Waals surface area (Å²) >= 11 is 7.50. The molecule has 1 unspecified atom stereocenters. The Morgan fingerprint density at radius 2 is 2.00 bits per heavy atom. The molecule has 1 saturated heterocycles. The Bertz CT molecular complexity index is 775. The van der Waals surface area contributed by atoms with Gasteiger partial charge in [0.15, 0.2) is 5.78 Å². The number of halogens is 2. The van der Waals surface area contributed by atoms with Crippen LogP contribution < -0.4 is 0 Å². The highest BCUT2D eigenvalue weighted by atomic mass is 35.5. The number of thioether (sulfide) groups is 1. The second-order valence-corrected chi connectivity index (χ2v) is 7.73. The second kappa shape index (κ2) is 6.46. The normalized spacial score (nSPS) is 22.7. The summed E-state index contributed by atoms with van der Waals surface area (Å²) in [6.07, 6.45) is 0.929. The van der Waals surface area contributed by atoms with Crippen molar-refractivity contribution >= 4 is 39.9 Å². The molecule has 0 amide bonds. The van der Waals surface area contributed by atoms with Gasteiger partial charge in [-0.3, -0.25) is 4.79 Å². The number of Topliss-reactive ketones (excluding diaryl/α,β-unsaturated/α-hetero) is 1. The number of aliphatic imine (C=N–C) groups is 1. The van der Waals surface area contributed by atoms with Crippen LogP contribution in [0.2, 0.25) is 5.02 Å². The number of ketones is 1. The second-order valence-electron chi connectivity index (χ2n) is 5.72. The van der Waals surface area contributed by atoms with Crippen molar-refractivity contribution in [1.82, 2.24) is 0 Å². The minimum Gasteiger partial charge on any atom is -0.298 e. The molecular weight excluding hydrogens is 333 g/mol. The van der Waals surface area contributed by atoms with Crippen LogP contribution >= 0.6 is 23.4 Å². The number of carbonyl (C=O) groups excluding carboxylic acids is 1. The number of carbonyl (C=O) groups is 1. The van der Waals surface area contributed by atoms with Crippen molar-refractivity contribution in [2.24, 2.45) is 4.99 Å². The van der Waals surface area contributed by atoms with E-state index in [1.807, 2.05) is 31.2 Å². The lowest BCUT2D eigenvalue weighted by atomic mass is 9.95. The van der Waals surface area contributed by atoms with E-state index in [4.69, 9.17) is 11.6 Å². The van der Waals surface area contributed by atoms with Crippen molar-refractivity contribution < 1.29 is 9.18 Å². The summed E-state index contributed by atoms with van der Waals surface area (Å²) in [7, 11) is 0. The van der Waals surface area contributed by atoms with E-state index in [2.05, 4.69) is 4.99 Å². The van der Waals surface area contributed by atoms with Gasteiger partial charge in [-0.25, -0.2) is 9.38 Å². The summed E-state index contributed by atoms with van der Waals surface area (Å²) < 4.78 is 12.4. The first-order valence-electron chi connectivity index (χ1n) is 7.24. The Balaban J connectivity index is 1.79. The molecule has 1 atom stereocenters. The molecule has 118 valence electrons. The predicted molar refractivity (Wildman–Crippen MR) is 94.3 cm³/mol. The van der Waals surface area contributed by atoms with Gasteiger partial charge < -0.3 is 0 Å². The quantitative estimate of drug-likeness (QED) is 0.762. The fraction of sp³-hybridized carbons (Fsp3) is 0.222. The zero-order chi connectivity index (χ0) is 16.4. The van der Waals surface area contributed by atoms with E-state index >= 15 is 0 Å². The summed E-state index contributed by atoms with van der Waals surface area (Å²) in [5.74, 6) is -0.141. The van der Waals surface area contributed by atoms with Gasteiger partial charge in [-0.1, -0.05) is 35.5 Å². The smallest absolute Gasteiger partial charge is 0.155 e. The summed E-state index contributed by atoms with van der Waals surface area (Å²) in [4.78, 5) is 16.9. The summed E-state index contributed by atoms with van der Waals surface area (Å²) in [6, 6.07) is 13.5. The van der Waals surface area contributed by atoms with E-state index in [1.165, 1.54) is 23.9 Å². The van der Waals surface area contributed by atoms with Gasteiger partial charge in [0.2, 0.25) is 0 Å². The molecule has 1 fully saturated rings. The van der Waals surface area contributed by atoms with Gasteiger partial charge in [0.05, 0.1) is 21.9 Å². The van der Waals surface area contributed by atoms with Gasteiger partial charge in [0.25, 0.3) is 0 Å². The van der Waals surface area contributed by atoms with E-state index in [0.29, 0.717) is 23.6 Å². The first-order valence-corrected chi connectivity index (χ1v) is 8.44. The minimum absolute atomic E-state index is 0.156. The van der Waals surface area contributed by atoms with Crippen LogP contribution in [0.4, 0.5) is 10.1 Å². The molecular formula is C18H15ClFNOS. The summed E-state index contributed by atoms with van der Waals surface area (Å²) in [5, 5.41) is 1.44. The van der Waals surface area contributed by atoms with E-state index < -0.39 is 4.75 Å². The molecule has 0 spiro atoms. The molecule has 1 aliphatic heterocycles. The van der Waals surface area contributed by atoms with Crippen LogP contribution in [-0.2, 0) is 11.2 Å². The summed E-state index contributed by atoms with van der Waals surface area (Å²) in [5.41, 5.74) is 1.69. The van der Waals surface area contributed by atoms with E-state index in [-0.39, 0.29) is 11.6 Å². The van der Waals surface area contributed by atoms with Gasteiger partial charge in [-0.15, -0.1) is 0 Å². The van der Waals surface area contributed by atoms with Crippen molar-refractivity contribution in [2.75, 3.05) is 0 Å². The molecule has 0 aromatic heterocycles. The standard InChI is InChI=1S/C18H15ClFNOS/c1-18(11-12-3-2-4-13(19)9-12)16(22)10-17(23-18)21-15-7-5-14(20)6-8-15/h2-9H,10-11H2,1H3. The summed E-state index contributed by atoms with van der Waals surface area (Å²) in [6.45, 7) is 1.94. The molecule has 23 heavy (non-hydrogen) atoms. The molecule has 0 bridgehead atoms. The molecule has 0 saturated carbocycles. The molecule has 2 nitrogen and oxygen atoms in total. The zero-order valence-corrected chi connectivity index (χ0v) is 14.1. The van der Waals surface area contributed by atoms with Crippen LogP contribution in [-0.4, -0.2) is 15.6 Å². The van der Waals surface area contributed by atoms with Crippen molar-refractivity contribution in [2.45, 2.75) is 24.5 Å². The molecule has 1 heterocycles. The molecule has 1 aliphatic rings. The minimum atomic E-state index is -0.538. The fourth-order valence-electron chi connectivity index (χ4n) is 2.57. The number of rotatable bonds is 3. The average molecular weight is 348 g/mol. The molecule has 0 radical (unpaired) electrons. The highest BCUT2D eigenvalue weighted by Crippen LogP contribution is 2.40. The maximum Gasteiger partial charge on any atom is 0.155 e. The highest BCUT2D eigenvalue weighted by Gasteiger charge is 2.42. The van der Waals surface area contributed by atoms with Gasteiger partial charge in [0, 0.05) is 5.02 Å². The molecule has 2 aromatic rings. The van der Waals surface area contributed by atoms with Gasteiger partial charge in [0.1, 0.15) is 5.82 Å². The number of hydrogen-bond donors (Lipinski definition) is 0. The van der Waals surface area contributed by atoms with Crippen molar-refractivity contribution in [3.63, 3.8) is 0 Å². The van der Waals surface area contributed by atoms with E-state index in [0.717, 1.165) is 10.6 Å². The Labute approximate surface area is 143 Å². The fourth-order valence-corrected chi connectivity index (χ4v) is 4.08. The molecule has 3 rings (SSSR count). The van der Waals surface area contributed by atoms with Crippen LogP contribution in [0.3, 0.4) is 0 Å². The lowest BCUT2D eigenvalue weighted by Gasteiger charge is -2.20. The van der Waals surface area contributed by atoms with E-state index in [1.54, 1.807) is 12.1 Å². The largest absolute Gasteiger partial charge is 0.298 e. The van der Waals surface area contributed by atoms with Gasteiger partial charge in [-0.2, -0.15) is 0 Å². The molecule has 0 N–H and O–H groups in total. The van der Waals surface area contributed by atoms with E-state index in [9.17, 15) is 9.18 Å². The van der Waals surface area contributed by atoms with Crippen LogP contribution in [0.1, 0.15) is 18.9 Å². The third-order valence-electron chi connectivity index (χ3n) is 3.76. The average Bonchev–Trinajstić information content (AvgIpc) is 2.75. The van der Waals surface area contributed by atoms with Gasteiger partial charge >= 0.3 is 0 Å². The van der Waals surface area contributed by atoms with Crippen molar-refractivity contribution in [3.8, 4) is 0 Å². The third kappa shape index (κ3) is 3.82. The van der Waals surface area contributed by atoms with Crippen LogP contribution in [0.15, 0.2) is 53.5 Å². The zero-order valence-electron chi connectivity index (χ0n) is 12.6. The van der Waals surface area contributed by atoms with Crippen LogP contribution in [0, 0.1) is 5.82 Å². The highest BCUT2D eigenvalue weighted by molar-refractivity contribution is 8.16. The number of hydrogen-bond acceptors (Lipinski definition) is 3. The third-order valence-corrected chi connectivity index (χ3v) is 5.28. The lowest BCUT2D eigenvalue weighted by Crippen LogP contribution is -2.29. The van der Waals surface area contributed by atoms with Crippen LogP contribution in [0.5, 0.6) is 0 Å². The van der Waals surface area contributed by atoms with Crippen LogP contribution in [0.25, 0.3) is 0 Å². The lowest BCUT2D eigenvalue weighted by molar-refractivity contribution is -0.119. The Morgan fingerprint density at radius 1 is 1.26 bits per heavy atom. The maximum absolute atomic E-state index is 12.9. The molecule has 0 aliphatic carbocycles. The van der Waals surface area contributed by atoms with Gasteiger partial charge in [-0.05, 0) is 55.3 Å². The Morgan fingerprint density at radius 3 is 2.70 bits per heavy atom. The molecule has 2 aromatic carbocycles. The predicted octanol–water partition coefficient (Wildman–Crippen LogP) is 5.22. The van der Waals surface area contributed by atoms with Crippen molar-refractivity contribution in [3.05, 3.63) is 64.9 Å². The number of nitrogens with zero attached hydrogens (tertiary/aromatic N) is 1. The monoisotopic (exact) mass is 347 g/mol. The Hall–Kier alpha value is -1.65. The SMILES string of the molecule is CC1(Cc2cccc(Cl)c2)SC(=Nc2ccc(F)cc2)CC1=O. The van der Waals surface area contributed by atoms with Crippen molar-refractivity contribution in [1.29, 1.82) is 0 Å². The maximum atomic E-state index is 12.9.